The van der Waals surface area contributed by atoms with E-state index in [1.165, 1.54) is 6.42 Å². The van der Waals surface area contributed by atoms with Crippen molar-refractivity contribution in [1.29, 1.82) is 0 Å². The number of anilines is 1. The zero-order chi connectivity index (χ0) is 23.4. The van der Waals surface area contributed by atoms with E-state index in [0.29, 0.717) is 36.4 Å². The normalized spacial score (nSPS) is 25.3. The lowest BCUT2D eigenvalue weighted by Crippen LogP contribution is -2.54. The van der Waals surface area contributed by atoms with E-state index in [-0.39, 0.29) is 36.0 Å². The number of nitrogens with one attached hydrogen (secondary N) is 1. The van der Waals surface area contributed by atoms with Crippen molar-refractivity contribution in [3.05, 3.63) is 23.8 Å². The van der Waals surface area contributed by atoms with Gasteiger partial charge in [0, 0.05) is 32.2 Å². The van der Waals surface area contributed by atoms with Gasteiger partial charge in [0.1, 0.15) is 18.5 Å². The van der Waals surface area contributed by atoms with Crippen molar-refractivity contribution in [2.45, 2.75) is 76.5 Å². The quantitative estimate of drug-likeness (QED) is 0.734. The number of carbonyl (C=O) groups is 3. The molecule has 8 nitrogen and oxygen atoms in total. The second-order valence-electron chi connectivity index (χ2n) is 9.32. The molecule has 3 aliphatic rings. The maximum absolute atomic E-state index is 13.3. The molecule has 2 saturated heterocycles. The van der Waals surface area contributed by atoms with Gasteiger partial charge in [0.2, 0.25) is 11.8 Å². The van der Waals surface area contributed by atoms with E-state index in [4.69, 9.17) is 9.47 Å². The molecule has 4 rings (SSSR count). The van der Waals surface area contributed by atoms with Crippen molar-refractivity contribution in [1.82, 2.24) is 9.80 Å². The van der Waals surface area contributed by atoms with Gasteiger partial charge in [-0.1, -0.05) is 6.92 Å². The minimum atomic E-state index is -0.288. The predicted octanol–water partition coefficient (Wildman–Crippen LogP) is 3.21. The third-order valence-corrected chi connectivity index (χ3v) is 6.88. The number of carbonyl (C=O) groups excluding carboxylic acids is 3. The highest BCUT2D eigenvalue weighted by atomic mass is 16.5. The summed E-state index contributed by atoms with van der Waals surface area (Å²) in [5, 5.41) is 2.85. The number of likely N-dealkylation sites (N-methyl/N-ethyl adjacent to an activating group) is 1. The van der Waals surface area contributed by atoms with E-state index < -0.39 is 0 Å². The van der Waals surface area contributed by atoms with Crippen molar-refractivity contribution in [3.8, 4) is 5.75 Å². The van der Waals surface area contributed by atoms with Gasteiger partial charge in [-0.3, -0.25) is 14.4 Å². The number of hydrogen-bond donors (Lipinski definition) is 1. The van der Waals surface area contributed by atoms with Crippen LogP contribution < -0.4 is 10.1 Å². The zero-order valence-corrected chi connectivity index (χ0v) is 19.7. The van der Waals surface area contributed by atoms with Crippen molar-refractivity contribution in [3.63, 3.8) is 0 Å². The van der Waals surface area contributed by atoms with Crippen LogP contribution in [0.15, 0.2) is 18.2 Å². The van der Waals surface area contributed by atoms with Crippen LogP contribution in [0, 0.1) is 0 Å². The van der Waals surface area contributed by atoms with Crippen molar-refractivity contribution < 1.29 is 23.9 Å². The number of nitrogens with zero attached hydrogens (tertiary/aromatic N) is 2. The van der Waals surface area contributed by atoms with Gasteiger partial charge in [-0.15, -0.1) is 0 Å². The molecular formula is C25H35N3O5. The summed E-state index contributed by atoms with van der Waals surface area (Å²) < 4.78 is 12.3. The molecule has 3 heterocycles. The van der Waals surface area contributed by atoms with Crippen LogP contribution >= 0.6 is 0 Å². The minimum absolute atomic E-state index is 0.0732. The molecule has 1 aromatic rings. The first kappa shape index (κ1) is 23.5. The molecule has 1 N–H and O–H groups in total. The van der Waals surface area contributed by atoms with Gasteiger partial charge in [-0.25, -0.2) is 0 Å². The summed E-state index contributed by atoms with van der Waals surface area (Å²) in [5.74, 6) is 0.417. The van der Waals surface area contributed by atoms with E-state index in [2.05, 4.69) is 5.32 Å². The highest BCUT2D eigenvalue weighted by Gasteiger charge is 2.39. The molecule has 33 heavy (non-hydrogen) atoms. The number of piperidine rings is 1. The van der Waals surface area contributed by atoms with E-state index in [1.807, 2.05) is 11.8 Å². The fourth-order valence-electron chi connectivity index (χ4n) is 5.02. The Hall–Kier alpha value is -2.61. The van der Waals surface area contributed by atoms with Gasteiger partial charge in [-0.2, -0.15) is 0 Å². The van der Waals surface area contributed by atoms with E-state index in [1.54, 1.807) is 30.1 Å². The second-order valence-corrected chi connectivity index (χ2v) is 9.32. The number of fused-ring (bicyclic) bond motifs is 2. The number of likely N-dealkylation sites (tertiary alicyclic amines) is 1. The van der Waals surface area contributed by atoms with Crippen LogP contribution in [0.1, 0.15) is 68.6 Å². The van der Waals surface area contributed by atoms with Gasteiger partial charge < -0.3 is 24.6 Å². The third-order valence-electron chi connectivity index (χ3n) is 6.88. The highest BCUT2D eigenvalue weighted by Crippen LogP contribution is 2.32. The van der Waals surface area contributed by atoms with Crippen LogP contribution in [-0.2, 0) is 14.3 Å². The molecular weight excluding hydrogens is 422 g/mol. The molecule has 0 bridgehead atoms. The van der Waals surface area contributed by atoms with Crippen molar-refractivity contribution in [2.24, 2.45) is 0 Å². The summed E-state index contributed by atoms with van der Waals surface area (Å²) in [6.45, 7) is 3.94. The van der Waals surface area contributed by atoms with Gasteiger partial charge in [0.15, 0.2) is 0 Å². The zero-order valence-electron chi connectivity index (χ0n) is 19.7. The monoisotopic (exact) mass is 457 g/mol. The largest absolute Gasteiger partial charge is 0.490 e. The lowest BCUT2D eigenvalue weighted by Gasteiger charge is -2.42. The van der Waals surface area contributed by atoms with Gasteiger partial charge in [-0.05, 0) is 56.7 Å². The molecule has 0 spiro atoms. The molecule has 3 aliphatic heterocycles. The Labute approximate surface area is 195 Å². The fraction of sp³-hybridized carbons (Fsp3) is 0.640. The maximum Gasteiger partial charge on any atom is 0.257 e. The first-order valence-electron chi connectivity index (χ1n) is 12.2. The van der Waals surface area contributed by atoms with Crippen LogP contribution in [0.25, 0.3) is 0 Å². The number of rotatable bonds is 5. The maximum atomic E-state index is 13.3. The van der Waals surface area contributed by atoms with Crippen molar-refractivity contribution >= 4 is 23.4 Å². The summed E-state index contributed by atoms with van der Waals surface area (Å²) >= 11 is 0. The van der Waals surface area contributed by atoms with Crippen LogP contribution in [0.4, 0.5) is 5.69 Å². The molecule has 0 unspecified atom stereocenters. The minimum Gasteiger partial charge on any atom is -0.490 e. The Morgan fingerprint density at radius 3 is 2.70 bits per heavy atom. The predicted molar refractivity (Wildman–Crippen MR) is 124 cm³/mol. The Kier molecular flexibility index (Phi) is 7.53. The van der Waals surface area contributed by atoms with Crippen molar-refractivity contribution in [2.75, 3.05) is 32.1 Å². The summed E-state index contributed by atoms with van der Waals surface area (Å²) in [5.41, 5.74) is 1.03. The first-order chi connectivity index (χ1) is 16.0. The molecule has 3 atom stereocenters. The SMILES string of the molecule is CCCC(=O)Nc1ccc2c(c1)C(=O)N(C)[C@@H]1CC[C@@H](CC(=O)N3CCCCC3)O[C@@H]1CO2. The molecule has 0 radical (unpaired) electrons. The molecule has 180 valence electrons. The molecule has 3 amide bonds. The standard InChI is InChI=1S/C25H35N3O5/c1-3-7-23(29)26-17-8-11-21-19(14-17)25(31)27(2)20-10-9-18(33-22(20)16-32-21)15-24(30)28-12-5-4-6-13-28/h8,11,14,18,20,22H,3-7,9-10,12-13,15-16H2,1-2H3,(H,26,29)/t18-,20+,22+/m0/s1. The topological polar surface area (TPSA) is 88.2 Å². The summed E-state index contributed by atoms with van der Waals surface area (Å²) in [4.78, 5) is 41.6. The fourth-order valence-corrected chi connectivity index (χ4v) is 5.02. The van der Waals surface area contributed by atoms with Crippen LogP contribution in [0.2, 0.25) is 0 Å². The molecule has 1 aromatic carbocycles. The molecule has 8 heteroatoms. The number of hydrogen-bond acceptors (Lipinski definition) is 5. The molecule has 0 saturated carbocycles. The first-order valence-corrected chi connectivity index (χ1v) is 12.2. The second kappa shape index (κ2) is 10.5. The number of benzene rings is 1. The summed E-state index contributed by atoms with van der Waals surface area (Å²) in [7, 11) is 1.79. The Morgan fingerprint density at radius 1 is 1.15 bits per heavy atom. The van der Waals surface area contributed by atoms with E-state index in [9.17, 15) is 14.4 Å². The number of ether oxygens (including phenoxy) is 2. The van der Waals surface area contributed by atoms with Gasteiger partial charge in [0.25, 0.3) is 5.91 Å². The Bertz CT molecular complexity index is 883. The van der Waals surface area contributed by atoms with Crippen LogP contribution in [0.5, 0.6) is 5.75 Å². The average Bonchev–Trinajstić information content (AvgIpc) is 2.82. The smallest absolute Gasteiger partial charge is 0.257 e. The number of amides is 3. The molecule has 0 aromatic heterocycles. The van der Waals surface area contributed by atoms with Gasteiger partial charge >= 0.3 is 0 Å². The Balaban J connectivity index is 1.43. The summed E-state index contributed by atoms with van der Waals surface area (Å²) in [6.07, 6.45) is 5.98. The summed E-state index contributed by atoms with van der Waals surface area (Å²) in [6, 6.07) is 5.04. The van der Waals surface area contributed by atoms with E-state index in [0.717, 1.165) is 45.2 Å². The van der Waals surface area contributed by atoms with Crippen LogP contribution in [-0.4, -0.2) is 72.5 Å². The third kappa shape index (κ3) is 5.49. The lowest BCUT2D eigenvalue weighted by atomic mass is 9.94. The molecule has 0 aliphatic carbocycles. The molecule has 2 fully saturated rings. The van der Waals surface area contributed by atoms with E-state index >= 15 is 0 Å². The van der Waals surface area contributed by atoms with Gasteiger partial charge in [0.05, 0.1) is 24.1 Å². The van der Waals surface area contributed by atoms with Crippen LogP contribution in [0.3, 0.4) is 0 Å². The average molecular weight is 458 g/mol. The Morgan fingerprint density at radius 2 is 1.94 bits per heavy atom. The highest BCUT2D eigenvalue weighted by molar-refractivity contribution is 5.99. The lowest BCUT2D eigenvalue weighted by molar-refractivity contribution is -0.143.